The van der Waals surface area contributed by atoms with Crippen LogP contribution in [0.2, 0.25) is 0 Å². The fourth-order valence-electron chi connectivity index (χ4n) is 6.21. The average molecular weight is 827 g/mol. The van der Waals surface area contributed by atoms with Crippen molar-refractivity contribution in [3.05, 3.63) is 102 Å². The predicted octanol–water partition coefficient (Wildman–Crippen LogP) is 3.56. The second-order valence-electron chi connectivity index (χ2n) is 15.4. The topological polar surface area (TPSA) is 263 Å². The Morgan fingerprint density at radius 2 is 1.35 bits per heavy atom. The molecular weight excluding hydrogens is 773 g/mol. The number of para-hydroxylation sites is 1. The number of carboxylic acid groups (broad SMARTS) is 1. The van der Waals surface area contributed by atoms with Crippen molar-refractivity contribution in [1.29, 1.82) is 0 Å². The molecule has 1 aromatic heterocycles. The summed E-state index contributed by atoms with van der Waals surface area (Å²) in [5.41, 5.74) is 8.48. The van der Waals surface area contributed by atoms with Crippen molar-refractivity contribution in [1.82, 2.24) is 31.6 Å². The van der Waals surface area contributed by atoms with Gasteiger partial charge in [0, 0.05) is 42.2 Å². The van der Waals surface area contributed by atoms with Crippen LogP contribution in [0.3, 0.4) is 0 Å². The summed E-state index contributed by atoms with van der Waals surface area (Å²) in [4.78, 5) is 94.6. The number of primary amides is 1. The average Bonchev–Trinajstić information content (AvgIpc) is 3.59. The van der Waals surface area contributed by atoms with E-state index in [1.807, 2.05) is 43.3 Å². The van der Waals surface area contributed by atoms with Crippen LogP contribution in [0.5, 0.6) is 0 Å². The lowest BCUT2D eigenvalue weighted by Gasteiger charge is -2.27. The lowest BCUT2D eigenvalue weighted by atomic mass is 10.0. The Bertz CT molecular complexity index is 2120. The number of fused-ring (bicyclic) bond motifs is 1. The van der Waals surface area contributed by atoms with Gasteiger partial charge in [0.15, 0.2) is 0 Å². The summed E-state index contributed by atoms with van der Waals surface area (Å²) in [7, 11) is 0. The minimum atomic E-state index is -1.68. The number of rotatable bonds is 20. The van der Waals surface area contributed by atoms with Crippen LogP contribution in [0.25, 0.3) is 10.9 Å². The molecule has 4 rings (SSSR count). The fourth-order valence-corrected chi connectivity index (χ4v) is 6.21. The quantitative estimate of drug-likeness (QED) is 0.0589. The number of ether oxygens (including phenoxy) is 1. The number of nitrogens with two attached hydrogens (primary N) is 1. The molecule has 320 valence electrons. The molecule has 0 saturated carbocycles. The minimum Gasteiger partial charge on any atom is -0.481 e. The molecule has 0 aliphatic carbocycles. The number of aromatic amines is 1. The van der Waals surface area contributed by atoms with E-state index in [1.54, 1.807) is 69.4 Å². The van der Waals surface area contributed by atoms with Crippen molar-refractivity contribution in [2.45, 2.75) is 96.0 Å². The first-order valence-electron chi connectivity index (χ1n) is 19.6. The van der Waals surface area contributed by atoms with E-state index in [1.165, 1.54) is 0 Å². The summed E-state index contributed by atoms with van der Waals surface area (Å²) in [6.07, 6.45) is 0.567. The zero-order valence-corrected chi connectivity index (χ0v) is 34.1. The molecule has 0 aliphatic rings. The highest BCUT2D eigenvalue weighted by atomic mass is 16.6. The standard InChI is InChI=1S/C43H54N8O9/c1-26-17-19-29(20-18-26)47-41(58)45-21-11-10-16-32(38(55)50-35(24-36(52)53)40(57)49-33(37(44)54)22-27-12-6-5-7-13-27)48-39(56)34(51-42(59)60-43(2,3)4)23-28-25-46-31-15-9-8-14-30(28)31/h5-9,12-15,17-20,25,32-35,46H,10-11,16,21-24H2,1-4H3,(H2,44,54)(H,48,56)(H,49,57)(H,50,55)(H,51,59)(H,52,53)(H2,45,47,58)/t32-,33-,34-,35-/m0/s1. The van der Waals surface area contributed by atoms with Crippen molar-refractivity contribution in [2.24, 2.45) is 5.73 Å². The first kappa shape index (κ1) is 45.8. The third-order valence-corrected chi connectivity index (χ3v) is 9.21. The lowest BCUT2D eigenvalue weighted by molar-refractivity contribution is -0.141. The Hall–Kier alpha value is -6.91. The number of benzene rings is 3. The molecule has 0 bridgehead atoms. The van der Waals surface area contributed by atoms with Gasteiger partial charge in [0.2, 0.25) is 23.6 Å². The Morgan fingerprint density at radius 1 is 0.733 bits per heavy atom. The van der Waals surface area contributed by atoms with E-state index in [9.17, 15) is 38.7 Å². The van der Waals surface area contributed by atoms with Crippen molar-refractivity contribution >= 4 is 58.3 Å². The summed E-state index contributed by atoms with van der Waals surface area (Å²) in [6.45, 7) is 7.12. The van der Waals surface area contributed by atoms with Gasteiger partial charge in [0.05, 0.1) is 6.42 Å². The Kier molecular flexibility index (Phi) is 16.6. The van der Waals surface area contributed by atoms with Gasteiger partial charge in [-0.15, -0.1) is 0 Å². The number of hydrogen-bond acceptors (Lipinski definition) is 8. The van der Waals surface area contributed by atoms with Crippen LogP contribution in [-0.4, -0.2) is 88.1 Å². The third kappa shape index (κ3) is 15.1. The first-order valence-corrected chi connectivity index (χ1v) is 19.6. The molecule has 1 heterocycles. The molecule has 3 aromatic carbocycles. The van der Waals surface area contributed by atoms with Crippen molar-refractivity contribution in [3.63, 3.8) is 0 Å². The molecule has 17 nitrogen and oxygen atoms in total. The fraction of sp³-hybridized carbons (Fsp3) is 0.372. The second kappa shape index (κ2) is 21.7. The number of anilines is 1. The van der Waals surface area contributed by atoms with Crippen molar-refractivity contribution < 1.29 is 43.4 Å². The smallest absolute Gasteiger partial charge is 0.408 e. The summed E-state index contributed by atoms with van der Waals surface area (Å²) in [6, 6.07) is 17.3. The number of carbonyl (C=O) groups is 7. The van der Waals surface area contributed by atoms with E-state index >= 15 is 0 Å². The van der Waals surface area contributed by atoms with Gasteiger partial charge in [-0.25, -0.2) is 9.59 Å². The summed E-state index contributed by atoms with van der Waals surface area (Å²) < 4.78 is 5.44. The van der Waals surface area contributed by atoms with E-state index < -0.39 is 77.9 Å². The third-order valence-electron chi connectivity index (χ3n) is 9.21. The molecule has 17 heteroatoms. The largest absolute Gasteiger partial charge is 0.481 e. The second-order valence-corrected chi connectivity index (χ2v) is 15.4. The molecule has 7 amide bonds. The van der Waals surface area contributed by atoms with E-state index in [4.69, 9.17) is 10.5 Å². The number of amides is 7. The van der Waals surface area contributed by atoms with E-state index in [0.29, 0.717) is 23.2 Å². The van der Waals surface area contributed by atoms with Crippen LogP contribution in [0.1, 0.15) is 63.1 Å². The molecule has 0 fully saturated rings. The molecule has 0 saturated heterocycles. The number of carbonyl (C=O) groups excluding carboxylic acids is 6. The predicted molar refractivity (Wildman–Crippen MR) is 225 cm³/mol. The molecule has 10 N–H and O–H groups in total. The normalized spacial score (nSPS) is 13.1. The highest BCUT2D eigenvalue weighted by molar-refractivity contribution is 5.97. The number of urea groups is 1. The van der Waals surface area contributed by atoms with Crippen LogP contribution in [0, 0.1) is 6.92 Å². The number of aromatic nitrogens is 1. The van der Waals surface area contributed by atoms with E-state index in [2.05, 4.69) is 36.9 Å². The number of unbranched alkanes of at least 4 members (excludes halogenated alkanes) is 1. The van der Waals surface area contributed by atoms with Gasteiger partial charge >= 0.3 is 18.1 Å². The monoisotopic (exact) mass is 826 g/mol. The van der Waals surface area contributed by atoms with Crippen LogP contribution in [-0.2, 0) is 41.6 Å². The van der Waals surface area contributed by atoms with Crippen LogP contribution in [0.15, 0.2) is 85.1 Å². The van der Waals surface area contributed by atoms with Gasteiger partial charge in [-0.3, -0.25) is 24.0 Å². The Balaban J connectivity index is 1.53. The van der Waals surface area contributed by atoms with Crippen LogP contribution < -0.4 is 37.6 Å². The highest BCUT2D eigenvalue weighted by Crippen LogP contribution is 2.20. The number of carboxylic acids is 1. The van der Waals surface area contributed by atoms with Gasteiger partial charge in [-0.1, -0.05) is 66.2 Å². The van der Waals surface area contributed by atoms with Gasteiger partial charge in [0.25, 0.3) is 0 Å². The van der Waals surface area contributed by atoms with Gasteiger partial charge in [-0.2, -0.15) is 0 Å². The number of nitrogens with one attached hydrogen (secondary N) is 7. The molecule has 60 heavy (non-hydrogen) atoms. The van der Waals surface area contributed by atoms with E-state index in [0.717, 1.165) is 16.5 Å². The molecule has 0 spiro atoms. The molecule has 0 radical (unpaired) electrons. The van der Waals surface area contributed by atoms with Crippen LogP contribution >= 0.6 is 0 Å². The summed E-state index contributed by atoms with van der Waals surface area (Å²) in [5, 5.41) is 26.2. The zero-order valence-electron chi connectivity index (χ0n) is 34.1. The van der Waals surface area contributed by atoms with Crippen molar-refractivity contribution in [3.8, 4) is 0 Å². The zero-order chi connectivity index (χ0) is 43.8. The maximum Gasteiger partial charge on any atom is 0.408 e. The van der Waals surface area contributed by atoms with E-state index in [-0.39, 0.29) is 32.2 Å². The van der Waals surface area contributed by atoms with Gasteiger partial charge in [-0.05, 0) is 76.3 Å². The molecule has 4 aromatic rings. The van der Waals surface area contributed by atoms with Gasteiger partial charge < -0.3 is 52.5 Å². The number of alkyl carbamates (subject to hydrolysis) is 1. The number of aliphatic carboxylic acids is 1. The number of aryl methyl sites for hydroxylation is 1. The maximum absolute atomic E-state index is 14.1. The lowest BCUT2D eigenvalue weighted by Crippen LogP contribution is -2.59. The Labute approximate surface area is 348 Å². The SMILES string of the molecule is Cc1ccc(NC(=O)NCCCC[C@H](NC(=O)[C@H](Cc2c[nH]c3ccccc23)NC(=O)OC(C)(C)C)C(=O)N[C@@H](CC(=O)O)C(=O)N[C@@H](Cc2ccccc2)C(N)=O)cc1. The van der Waals surface area contributed by atoms with Gasteiger partial charge in [0.1, 0.15) is 29.8 Å². The number of hydrogen-bond donors (Lipinski definition) is 9. The first-order chi connectivity index (χ1) is 28.5. The molecule has 4 atom stereocenters. The van der Waals surface area contributed by atoms with Crippen LogP contribution in [0.4, 0.5) is 15.3 Å². The Morgan fingerprint density at radius 3 is 2.02 bits per heavy atom. The number of H-pyrrole nitrogens is 1. The summed E-state index contributed by atoms with van der Waals surface area (Å²) >= 11 is 0. The highest BCUT2D eigenvalue weighted by Gasteiger charge is 2.33. The van der Waals surface area contributed by atoms with Crippen molar-refractivity contribution in [2.75, 3.05) is 11.9 Å². The molecular formula is C43H54N8O9. The molecule has 0 aliphatic heterocycles. The molecule has 0 unspecified atom stereocenters. The maximum atomic E-state index is 14.1. The minimum absolute atomic E-state index is 0.00781. The summed E-state index contributed by atoms with van der Waals surface area (Å²) in [5.74, 6) is -4.96.